The fourth-order valence-electron chi connectivity index (χ4n) is 3.66. The van der Waals surface area contributed by atoms with Gasteiger partial charge in [-0.2, -0.15) is 0 Å². The van der Waals surface area contributed by atoms with Crippen molar-refractivity contribution in [2.45, 2.75) is 42.0 Å². The second-order valence-corrected chi connectivity index (χ2v) is 11.6. The normalized spacial score (nSPS) is 15.9. The van der Waals surface area contributed by atoms with Crippen molar-refractivity contribution in [2.24, 2.45) is 0 Å². The summed E-state index contributed by atoms with van der Waals surface area (Å²) in [6, 6.07) is 9.64. The monoisotopic (exact) mass is 480 g/mol. The minimum absolute atomic E-state index is 0.0433. The summed E-state index contributed by atoms with van der Waals surface area (Å²) in [5, 5.41) is 0. The van der Waals surface area contributed by atoms with Gasteiger partial charge in [0.05, 0.1) is 22.5 Å². The summed E-state index contributed by atoms with van der Waals surface area (Å²) in [4.78, 5) is 14.8. The number of nitrogens with zero attached hydrogens (tertiary/aromatic N) is 1. The fourth-order valence-corrected chi connectivity index (χ4v) is 5.55. The third-order valence-electron chi connectivity index (χ3n) is 5.50. The molecular formula is C22H28N2O6S2. The van der Waals surface area contributed by atoms with Crippen molar-refractivity contribution in [3.05, 3.63) is 53.6 Å². The van der Waals surface area contributed by atoms with Crippen LogP contribution in [0.3, 0.4) is 0 Å². The van der Waals surface area contributed by atoms with Gasteiger partial charge in [0.2, 0.25) is 10.0 Å². The third kappa shape index (κ3) is 5.48. The lowest BCUT2D eigenvalue weighted by atomic mass is 10.1. The molecular weight excluding hydrogens is 452 g/mol. The maximum Gasteiger partial charge on any atom is 0.257 e. The van der Waals surface area contributed by atoms with Crippen LogP contribution in [0.2, 0.25) is 0 Å². The Hall–Kier alpha value is -2.43. The number of methoxy groups -OCH3 is 1. The van der Waals surface area contributed by atoms with Crippen molar-refractivity contribution in [3.8, 4) is 5.75 Å². The minimum Gasteiger partial charge on any atom is -0.496 e. The lowest BCUT2D eigenvalue weighted by Gasteiger charge is -2.27. The van der Waals surface area contributed by atoms with Gasteiger partial charge in [0.15, 0.2) is 9.84 Å². The number of rotatable bonds is 7. The van der Waals surface area contributed by atoms with Crippen LogP contribution in [0.5, 0.6) is 5.75 Å². The van der Waals surface area contributed by atoms with Crippen molar-refractivity contribution >= 4 is 25.8 Å². The third-order valence-corrected chi connectivity index (χ3v) is 8.16. The Morgan fingerprint density at radius 2 is 1.56 bits per heavy atom. The zero-order chi connectivity index (χ0) is 23.5. The number of carbonyl (C=O) groups excluding carboxylic acids is 1. The van der Waals surface area contributed by atoms with E-state index in [4.69, 9.17) is 4.74 Å². The largest absolute Gasteiger partial charge is 0.496 e. The molecule has 1 saturated heterocycles. The molecule has 1 fully saturated rings. The van der Waals surface area contributed by atoms with Crippen LogP contribution in [0.1, 0.15) is 48.1 Å². The fraction of sp³-hybridized carbons (Fsp3) is 0.409. The SMILES string of the molecule is COc1ccc(S(=O)(=O)N[C@H](C)c2ccc(S(C)(=O)=O)cc2)cc1C(=O)N1CCCCC1. The highest BCUT2D eigenvalue weighted by Crippen LogP contribution is 2.26. The molecule has 32 heavy (non-hydrogen) atoms. The summed E-state index contributed by atoms with van der Waals surface area (Å²) in [6.45, 7) is 2.94. The van der Waals surface area contributed by atoms with Gasteiger partial charge in [-0.1, -0.05) is 12.1 Å². The van der Waals surface area contributed by atoms with E-state index in [1.54, 1.807) is 24.0 Å². The van der Waals surface area contributed by atoms with Crippen LogP contribution in [-0.4, -0.2) is 54.1 Å². The Morgan fingerprint density at radius 1 is 0.969 bits per heavy atom. The quantitative estimate of drug-likeness (QED) is 0.653. The van der Waals surface area contributed by atoms with Crippen molar-refractivity contribution in [1.82, 2.24) is 9.62 Å². The number of ether oxygens (including phenoxy) is 1. The zero-order valence-corrected chi connectivity index (χ0v) is 20.0. The van der Waals surface area contributed by atoms with Gasteiger partial charge < -0.3 is 9.64 Å². The van der Waals surface area contributed by atoms with Crippen LogP contribution in [-0.2, 0) is 19.9 Å². The molecule has 2 aromatic rings. The number of nitrogens with one attached hydrogen (secondary N) is 1. The number of hydrogen-bond acceptors (Lipinski definition) is 6. The highest BCUT2D eigenvalue weighted by molar-refractivity contribution is 7.90. The number of amides is 1. The Balaban J connectivity index is 1.85. The van der Waals surface area contributed by atoms with Gasteiger partial charge in [0.1, 0.15) is 5.75 Å². The van der Waals surface area contributed by atoms with Gasteiger partial charge in [-0.25, -0.2) is 21.6 Å². The van der Waals surface area contributed by atoms with Crippen molar-refractivity contribution < 1.29 is 26.4 Å². The first-order valence-corrected chi connectivity index (χ1v) is 13.7. The molecule has 1 heterocycles. The first-order chi connectivity index (χ1) is 15.0. The van der Waals surface area contributed by atoms with Crippen LogP contribution in [0.4, 0.5) is 0 Å². The number of hydrogen-bond donors (Lipinski definition) is 1. The molecule has 8 nitrogen and oxygen atoms in total. The average Bonchev–Trinajstić information content (AvgIpc) is 2.78. The van der Waals surface area contributed by atoms with Gasteiger partial charge in [-0.15, -0.1) is 0 Å². The molecule has 0 saturated carbocycles. The Morgan fingerprint density at radius 3 is 2.12 bits per heavy atom. The molecule has 0 aromatic heterocycles. The van der Waals surface area contributed by atoms with Crippen LogP contribution >= 0.6 is 0 Å². The van der Waals surface area contributed by atoms with Crippen LogP contribution in [0, 0.1) is 0 Å². The van der Waals surface area contributed by atoms with E-state index in [9.17, 15) is 21.6 Å². The summed E-state index contributed by atoms with van der Waals surface area (Å²) >= 11 is 0. The molecule has 1 atom stereocenters. The topological polar surface area (TPSA) is 110 Å². The van der Waals surface area contributed by atoms with E-state index < -0.39 is 25.9 Å². The first kappa shape index (κ1) is 24.2. The second-order valence-electron chi connectivity index (χ2n) is 7.90. The molecule has 0 radical (unpaired) electrons. The summed E-state index contributed by atoms with van der Waals surface area (Å²) in [6.07, 6.45) is 4.02. The van der Waals surface area contributed by atoms with Gasteiger partial charge in [-0.05, 0) is 62.1 Å². The van der Waals surface area contributed by atoms with Gasteiger partial charge in [0.25, 0.3) is 5.91 Å². The van der Waals surface area contributed by atoms with E-state index in [2.05, 4.69) is 4.72 Å². The van der Waals surface area contributed by atoms with E-state index in [0.717, 1.165) is 25.5 Å². The van der Waals surface area contributed by atoms with Crippen LogP contribution < -0.4 is 9.46 Å². The van der Waals surface area contributed by atoms with Crippen LogP contribution in [0.25, 0.3) is 0 Å². The number of benzene rings is 2. The Bertz CT molecular complexity index is 1190. The molecule has 174 valence electrons. The molecule has 1 aliphatic rings. The van der Waals surface area contributed by atoms with Gasteiger partial charge in [0, 0.05) is 25.4 Å². The smallest absolute Gasteiger partial charge is 0.257 e. The first-order valence-electron chi connectivity index (χ1n) is 10.3. The lowest BCUT2D eigenvalue weighted by molar-refractivity contribution is 0.0720. The zero-order valence-electron chi connectivity index (χ0n) is 18.4. The number of piperidine rings is 1. The molecule has 0 unspecified atom stereocenters. The van der Waals surface area contributed by atoms with E-state index in [1.165, 1.54) is 37.4 Å². The number of carbonyl (C=O) groups is 1. The summed E-state index contributed by atoms with van der Waals surface area (Å²) in [5.41, 5.74) is 0.821. The maximum atomic E-state index is 13.0. The molecule has 1 amide bonds. The molecule has 10 heteroatoms. The molecule has 2 aromatic carbocycles. The molecule has 0 spiro atoms. The average molecular weight is 481 g/mol. The highest BCUT2D eigenvalue weighted by atomic mass is 32.2. The molecule has 1 N–H and O–H groups in total. The maximum absolute atomic E-state index is 13.0. The predicted molar refractivity (Wildman–Crippen MR) is 121 cm³/mol. The Kier molecular flexibility index (Phi) is 7.26. The molecule has 1 aliphatic heterocycles. The minimum atomic E-state index is -3.95. The van der Waals surface area contributed by atoms with Crippen molar-refractivity contribution in [1.29, 1.82) is 0 Å². The van der Waals surface area contributed by atoms with E-state index in [1.807, 2.05) is 0 Å². The summed E-state index contributed by atoms with van der Waals surface area (Å²) in [7, 11) is -5.85. The summed E-state index contributed by atoms with van der Waals surface area (Å²) in [5.74, 6) is 0.0759. The highest BCUT2D eigenvalue weighted by Gasteiger charge is 2.25. The van der Waals surface area contributed by atoms with Crippen molar-refractivity contribution in [2.75, 3.05) is 26.5 Å². The predicted octanol–water partition coefficient (Wildman–Crippen LogP) is 2.76. The van der Waals surface area contributed by atoms with Gasteiger partial charge >= 0.3 is 0 Å². The number of sulfone groups is 1. The summed E-state index contributed by atoms with van der Waals surface area (Å²) < 4.78 is 57.2. The second kappa shape index (κ2) is 9.60. The van der Waals surface area contributed by atoms with Crippen molar-refractivity contribution in [3.63, 3.8) is 0 Å². The lowest BCUT2D eigenvalue weighted by Crippen LogP contribution is -2.36. The van der Waals surface area contributed by atoms with E-state index in [-0.39, 0.29) is 21.3 Å². The van der Waals surface area contributed by atoms with E-state index >= 15 is 0 Å². The number of likely N-dealkylation sites (tertiary alicyclic amines) is 1. The molecule has 3 rings (SSSR count). The van der Waals surface area contributed by atoms with Crippen LogP contribution in [0.15, 0.2) is 52.3 Å². The molecule has 0 aliphatic carbocycles. The Labute approximate surface area is 189 Å². The van der Waals surface area contributed by atoms with E-state index in [0.29, 0.717) is 24.4 Å². The number of sulfonamides is 1. The molecule has 0 bridgehead atoms. The standard InChI is InChI=1S/C22H28N2O6S2/c1-16(17-7-9-18(10-8-17)31(3,26)27)23-32(28,29)19-11-12-21(30-2)20(15-19)22(25)24-13-5-4-6-14-24/h7-12,15-16,23H,4-6,13-14H2,1-3H3/t16-/m1/s1. The van der Waals surface area contributed by atoms with Gasteiger partial charge in [-0.3, -0.25) is 4.79 Å².